The number of unbranched alkanes of at least 4 members (excludes halogenated alkanes) is 1. The number of fused-ring (bicyclic) bond motifs is 1. The summed E-state index contributed by atoms with van der Waals surface area (Å²) in [5, 5.41) is 11.7. The first kappa shape index (κ1) is 14.5. The summed E-state index contributed by atoms with van der Waals surface area (Å²) in [6.07, 6.45) is 6.93. The lowest BCUT2D eigenvalue weighted by Crippen LogP contribution is -2.34. The van der Waals surface area contributed by atoms with Gasteiger partial charge in [-0.2, -0.15) is 0 Å². The van der Waals surface area contributed by atoms with Crippen molar-refractivity contribution in [2.75, 3.05) is 19.6 Å². The molecule has 1 unspecified atom stereocenters. The molecule has 1 aromatic rings. The quantitative estimate of drug-likeness (QED) is 0.726. The zero-order valence-electron chi connectivity index (χ0n) is 12.3. The van der Waals surface area contributed by atoms with E-state index >= 15 is 0 Å². The van der Waals surface area contributed by atoms with E-state index in [2.05, 4.69) is 38.8 Å². The molecule has 0 radical (unpaired) electrons. The highest BCUT2D eigenvalue weighted by molar-refractivity contribution is 4.89. The largest absolute Gasteiger partial charge is 0.315 e. The van der Waals surface area contributed by atoms with Crippen LogP contribution in [0, 0.1) is 0 Å². The number of rotatable bonds is 8. The molecule has 5 heteroatoms. The normalized spacial score (nSPS) is 17.4. The highest BCUT2D eigenvalue weighted by atomic mass is 15.3. The fraction of sp³-hybridized carbons (Fsp3) is 0.857. The van der Waals surface area contributed by atoms with E-state index in [4.69, 9.17) is 0 Å². The van der Waals surface area contributed by atoms with Crippen LogP contribution in [0.25, 0.3) is 0 Å². The molecular weight excluding hydrogens is 238 g/mol. The fourth-order valence-corrected chi connectivity index (χ4v) is 2.59. The molecule has 1 aromatic heterocycles. The van der Waals surface area contributed by atoms with Crippen LogP contribution in [0.15, 0.2) is 6.33 Å². The Labute approximate surface area is 116 Å². The molecule has 0 spiro atoms. The SMILES string of the molecule is CCCNC(C)CCCCN1CCn2cnnc2C1. The van der Waals surface area contributed by atoms with Crippen LogP contribution in [-0.2, 0) is 13.1 Å². The maximum atomic E-state index is 4.16. The zero-order chi connectivity index (χ0) is 13.5. The lowest BCUT2D eigenvalue weighted by molar-refractivity contribution is 0.212. The molecule has 2 heterocycles. The van der Waals surface area contributed by atoms with Crippen LogP contribution >= 0.6 is 0 Å². The van der Waals surface area contributed by atoms with Gasteiger partial charge in [-0.25, -0.2) is 0 Å². The van der Waals surface area contributed by atoms with Gasteiger partial charge >= 0.3 is 0 Å². The number of nitrogens with one attached hydrogen (secondary N) is 1. The van der Waals surface area contributed by atoms with Crippen molar-refractivity contribution in [3.63, 3.8) is 0 Å². The topological polar surface area (TPSA) is 46.0 Å². The van der Waals surface area contributed by atoms with Gasteiger partial charge in [-0.3, -0.25) is 4.90 Å². The van der Waals surface area contributed by atoms with Gasteiger partial charge in [0.05, 0.1) is 6.54 Å². The van der Waals surface area contributed by atoms with Crippen molar-refractivity contribution in [1.29, 1.82) is 0 Å². The number of aromatic nitrogens is 3. The second-order valence-electron chi connectivity index (χ2n) is 5.57. The van der Waals surface area contributed by atoms with Gasteiger partial charge in [0.15, 0.2) is 0 Å². The van der Waals surface area contributed by atoms with Crippen molar-refractivity contribution in [3.05, 3.63) is 12.2 Å². The molecule has 2 rings (SSSR count). The summed E-state index contributed by atoms with van der Waals surface area (Å²) >= 11 is 0. The van der Waals surface area contributed by atoms with Gasteiger partial charge in [0.2, 0.25) is 0 Å². The molecule has 0 fully saturated rings. The van der Waals surface area contributed by atoms with E-state index in [0.717, 1.165) is 32.0 Å². The number of nitrogens with zero attached hydrogens (tertiary/aromatic N) is 4. The summed E-state index contributed by atoms with van der Waals surface area (Å²) in [7, 11) is 0. The predicted molar refractivity (Wildman–Crippen MR) is 76.9 cm³/mol. The van der Waals surface area contributed by atoms with Crippen LogP contribution in [-0.4, -0.2) is 45.3 Å². The lowest BCUT2D eigenvalue weighted by Gasteiger charge is -2.26. The number of hydrogen-bond acceptors (Lipinski definition) is 4. The second-order valence-corrected chi connectivity index (χ2v) is 5.57. The van der Waals surface area contributed by atoms with Crippen molar-refractivity contribution in [3.8, 4) is 0 Å². The van der Waals surface area contributed by atoms with Crippen molar-refractivity contribution in [1.82, 2.24) is 25.0 Å². The van der Waals surface area contributed by atoms with Gasteiger partial charge < -0.3 is 9.88 Å². The molecule has 0 aromatic carbocycles. The van der Waals surface area contributed by atoms with Gasteiger partial charge in [-0.05, 0) is 39.3 Å². The van der Waals surface area contributed by atoms with Crippen molar-refractivity contribution < 1.29 is 0 Å². The van der Waals surface area contributed by atoms with E-state index in [-0.39, 0.29) is 0 Å². The highest BCUT2D eigenvalue weighted by Gasteiger charge is 2.16. The first-order chi connectivity index (χ1) is 9.29. The van der Waals surface area contributed by atoms with Gasteiger partial charge in [0, 0.05) is 19.1 Å². The minimum atomic E-state index is 0.657. The Morgan fingerprint density at radius 3 is 3.11 bits per heavy atom. The third kappa shape index (κ3) is 4.58. The van der Waals surface area contributed by atoms with Gasteiger partial charge in [-0.1, -0.05) is 13.3 Å². The van der Waals surface area contributed by atoms with Gasteiger partial charge in [-0.15, -0.1) is 10.2 Å². The molecule has 5 nitrogen and oxygen atoms in total. The van der Waals surface area contributed by atoms with Crippen molar-refractivity contribution in [2.24, 2.45) is 0 Å². The first-order valence-electron chi connectivity index (χ1n) is 7.62. The van der Waals surface area contributed by atoms with Crippen LogP contribution in [0.1, 0.15) is 45.4 Å². The Morgan fingerprint density at radius 2 is 2.26 bits per heavy atom. The summed E-state index contributed by atoms with van der Waals surface area (Å²) in [6, 6.07) is 0.657. The lowest BCUT2D eigenvalue weighted by atomic mass is 10.1. The van der Waals surface area contributed by atoms with Crippen molar-refractivity contribution >= 4 is 0 Å². The van der Waals surface area contributed by atoms with Crippen LogP contribution in [0.2, 0.25) is 0 Å². The monoisotopic (exact) mass is 265 g/mol. The first-order valence-corrected chi connectivity index (χ1v) is 7.62. The minimum absolute atomic E-state index is 0.657. The van der Waals surface area contributed by atoms with E-state index in [1.54, 1.807) is 0 Å². The average Bonchev–Trinajstić information content (AvgIpc) is 2.88. The summed E-state index contributed by atoms with van der Waals surface area (Å²) in [5.74, 6) is 1.12. The standard InChI is InChI=1S/C14H27N5/c1-3-7-15-13(2)6-4-5-8-18-9-10-19-12-16-17-14(19)11-18/h12-13,15H,3-11H2,1-2H3. The molecule has 19 heavy (non-hydrogen) atoms. The smallest absolute Gasteiger partial charge is 0.147 e. The van der Waals surface area contributed by atoms with E-state index in [1.807, 2.05) is 6.33 Å². The maximum absolute atomic E-state index is 4.16. The molecule has 0 amide bonds. The molecule has 0 aliphatic carbocycles. The Balaban J connectivity index is 1.57. The molecule has 1 atom stereocenters. The zero-order valence-corrected chi connectivity index (χ0v) is 12.3. The molecule has 108 valence electrons. The minimum Gasteiger partial charge on any atom is -0.315 e. The predicted octanol–water partition coefficient (Wildman–Crippen LogP) is 1.65. The van der Waals surface area contributed by atoms with Crippen LogP contribution < -0.4 is 5.32 Å². The summed E-state index contributed by atoms with van der Waals surface area (Å²) < 4.78 is 2.16. The van der Waals surface area contributed by atoms with E-state index in [0.29, 0.717) is 6.04 Å². The third-order valence-corrected chi connectivity index (χ3v) is 3.82. The molecule has 0 saturated carbocycles. The van der Waals surface area contributed by atoms with Crippen LogP contribution in [0.5, 0.6) is 0 Å². The van der Waals surface area contributed by atoms with Crippen LogP contribution in [0.3, 0.4) is 0 Å². The van der Waals surface area contributed by atoms with Crippen LogP contribution in [0.4, 0.5) is 0 Å². The van der Waals surface area contributed by atoms with Gasteiger partial charge in [0.1, 0.15) is 12.2 Å². The third-order valence-electron chi connectivity index (χ3n) is 3.82. The summed E-state index contributed by atoms with van der Waals surface area (Å²) in [6.45, 7) is 9.97. The number of hydrogen-bond donors (Lipinski definition) is 1. The Hall–Kier alpha value is -0.940. The van der Waals surface area contributed by atoms with E-state index < -0.39 is 0 Å². The Bertz CT molecular complexity index is 362. The second kappa shape index (κ2) is 7.60. The highest BCUT2D eigenvalue weighted by Crippen LogP contribution is 2.10. The molecule has 0 saturated heterocycles. The van der Waals surface area contributed by atoms with Gasteiger partial charge in [0.25, 0.3) is 0 Å². The molecule has 1 aliphatic rings. The Kier molecular flexibility index (Phi) is 5.79. The molecular formula is C14H27N5. The maximum Gasteiger partial charge on any atom is 0.147 e. The Morgan fingerprint density at radius 1 is 1.37 bits per heavy atom. The van der Waals surface area contributed by atoms with E-state index in [9.17, 15) is 0 Å². The van der Waals surface area contributed by atoms with E-state index in [1.165, 1.54) is 32.2 Å². The average molecular weight is 265 g/mol. The van der Waals surface area contributed by atoms with Crippen molar-refractivity contribution in [2.45, 2.75) is 58.7 Å². The molecule has 0 bridgehead atoms. The summed E-state index contributed by atoms with van der Waals surface area (Å²) in [5.41, 5.74) is 0. The molecule has 1 N–H and O–H groups in total. The molecule has 1 aliphatic heterocycles. The summed E-state index contributed by atoms with van der Waals surface area (Å²) in [4.78, 5) is 2.49. The fourth-order valence-electron chi connectivity index (χ4n) is 2.59.